The zero-order chi connectivity index (χ0) is 10.7. The van der Waals surface area contributed by atoms with Crippen LogP contribution in [0.3, 0.4) is 0 Å². The number of nitrogens with two attached hydrogens (primary N) is 1. The fourth-order valence-electron chi connectivity index (χ4n) is 0.962. The topological polar surface area (TPSA) is 52.3 Å². The second-order valence-corrected chi connectivity index (χ2v) is 4.34. The van der Waals surface area contributed by atoms with E-state index in [1.807, 2.05) is 0 Å². The lowest BCUT2D eigenvalue weighted by molar-refractivity contribution is 0.0527. The maximum absolute atomic E-state index is 11.4. The molecule has 0 amide bonds. The van der Waals surface area contributed by atoms with Gasteiger partial charge in [0.25, 0.3) is 0 Å². The molecule has 0 aliphatic carbocycles. The first-order valence-corrected chi connectivity index (χ1v) is 5.56. The van der Waals surface area contributed by atoms with E-state index in [-0.39, 0.29) is 0 Å². The molecule has 0 fully saturated rings. The molecule has 0 bridgehead atoms. The van der Waals surface area contributed by atoms with E-state index in [9.17, 15) is 4.79 Å². The predicted octanol–water partition coefficient (Wildman–Crippen LogP) is 2.97. The molecule has 2 N–H and O–H groups in total. The van der Waals surface area contributed by atoms with Crippen LogP contribution < -0.4 is 5.73 Å². The number of rotatable bonds is 2. The highest BCUT2D eigenvalue weighted by atomic mass is 79.9. The van der Waals surface area contributed by atoms with Crippen molar-refractivity contribution < 1.29 is 9.53 Å². The smallest absolute Gasteiger partial charge is 0.340 e. The molecule has 0 saturated carbocycles. The van der Waals surface area contributed by atoms with Crippen molar-refractivity contribution in [1.29, 1.82) is 0 Å². The Labute approximate surface area is 98.9 Å². The van der Waals surface area contributed by atoms with Crippen LogP contribution in [0.5, 0.6) is 0 Å². The third-order valence-corrected chi connectivity index (χ3v) is 2.70. The van der Waals surface area contributed by atoms with E-state index >= 15 is 0 Å². The molecule has 0 aromatic heterocycles. The molecule has 0 atom stereocenters. The van der Waals surface area contributed by atoms with Gasteiger partial charge in [0.1, 0.15) is 0 Å². The Morgan fingerprint density at radius 3 is 2.71 bits per heavy atom. The molecule has 1 aromatic rings. The Balaban J connectivity index is 3.13. The van der Waals surface area contributed by atoms with Crippen LogP contribution in [-0.2, 0) is 4.74 Å². The minimum absolute atomic E-state index is 0.336. The number of nitrogen functional groups attached to an aromatic ring is 1. The Hall–Kier alpha value is -0.550. The van der Waals surface area contributed by atoms with Gasteiger partial charge in [-0.05, 0) is 35.0 Å². The van der Waals surface area contributed by atoms with Gasteiger partial charge in [0, 0.05) is 8.95 Å². The van der Waals surface area contributed by atoms with Crippen LogP contribution in [0, 0.1) is 0 Å². The van der Waals surface area contributed by atoms with Crippen LogP contribution in [0.15, 0.2) is 21.1 Å². The summed E-state index contributed by atoms with van der Waals surface area (Å²) in [4.78, 5) is 11.4. The summed E-state index contributed by atoms with van der Waals surface area (Å²) in [7, 11) is 0. The van der Waals surface area contributed by atoms with Crippen LogP contribution in [0.25, 0.3) is 0 Å². The summed E-state index contributed by atoms with van der Waals surface area (Å²) < 4.78 is 6.31. The molecular formula is C9H9Br2NO2. The Morgan fingerprint density at radius 1 is 1.50 bits per heavy atom. The SMILES string of the molecule is CCOC(=O)c1cc(Br)cc(Br)c1N. The van der Waals surface area contributed by atoms with Crippen LogP contribution in [0.4, 0.5) is 5.69 Å². The standard InChI is InChI=1S/C9H9Br2NO2/c1-2-14-9(13)6-3-5(10)4-7(11)8(6)12/h3-4H,2,12H2,1H3. The third-order valence-electron chi connectivity index (χ3n) is 1.59. The Morgan fingerprint density at radius 2 is 2.14 bits per heavy atom. The number of hydrogen-bond acceptors (Lipinski definition) is 3. The lowest BCUT2D eigenvalue weighted by Gasteiger charge is -2.07. The quantitative estimate of drug-likeness (QED) is 0.672. The normalized spacial score (nSPS) is 9.93. The van der Waals surface area contributed by atoms with Gasteiger partial charge in [0.2, 0.25) is 0 Å². The van der Waals surface area contributed by atoms with Gasteiger partial charge in [-0.1, -0.05) is 15.9 Å². The Bertz CT molecular complexity index is 366. The van der Waals surface area contributed by atoms with Crippen molar-refractivity contribution in [3.63, 3.8) is 0 Å². The molecular weight excluding hydrogens is 314 g/mol. The van der Waals surface area contributed by atoms with Crippen LogP contribution >= 0.6 is 31.9 Å². The molecule has 3 nitrogen and oxygen atoms in total. The van der Waals surface area contributed by atoms with Gasteiger partial charge >= 0.3 is 5.97 Å². The van der Waals surface area contributed by atoms with Crippen LogP contribution in [-0.4, -0.2) is 12.6 Å². The number of benzene rings is 1. The molecule has 0 heterocycles. The number of halogens is 2. The maximum Gasteiger partial charge on any atom is 0.340 e. The summed E-state index contributed by atoms with van der Waals surface area (Å²) >= 11 is 6.53. The molecule has 0 saturated heterocycles. The number of anilines is 1. The predicted molar refractivity (Wildman–Crippen MR) is 62.2 cm³/mol. The molecule has 0 aliphatic heterocycles. The zero-order valence-electron chi connectivity index (χ0n) is 7.51. The molecule has 5 heteroatoms. The van der Waals surface area contributed by atoms with Crippen molar-refractivity contribution in [2.75, 3.05) is 12.3 Å². The highest BCUT2D eigenvalue weighted by Gasteiger charge is 2.13. The number of carbonyl (C=O) groups is 1. The van der Waals surface area contributed by atoms with E-state index in [0.29, 0.717) is 22.3 Å². The second kappa shape index (κ2) is 4.79. The van der Waals surface area contributed by atoms with E-state index in [1.165, 1.54) is 0 Å². The second-order valence-electron chi connectivity index (χ2n) is 2.57. The maximum atomic E-state index is 11.4. The van der Waals surface area contributed by atoms with E-state index in [2.05, 4.69) is 31.9 Å². The van der Waals surface area contributed by atoms with Crippen molar-refractivity contribution in [2.45, 2.75) is 6.92 Å². The lowest BCUT2D eigenvalue weighted by atomic mass is 10.2. The first kappa shape index (κ1) is 11.5. The van der Waals surface area contributed by atoms with E-state index in [1.54, 1.807) is 19.1 Å². The molecule has 0 radical (unpaired) electrons. The fourth-order valence-corrected chi connectivity index (χ4v) is 2.19. The monoisotopic (exact) mass is 321 g/mol. The van der Waals surface area contributed by atoms with Gasteiger partial charge in [-0.15, -0.1) is 0 Å². The molecule has 0 spiro atoms. The minimum atomic E-state index is -0.410. The van der Waals surface area contributed by atoms with Gasteiger partial charge < -0.3 is 10.5 Å². The van der Waals surface area contributed by atoms with Crippen molar-refractivity contribution in [3.8, 4) is 0 Å². The number of hydrogen-bond donors (Lipinski definition) is 1. The van der Waals surface area contributed by atoms with Crippen molar-refractivity contribution in [2.24, 2.45) is 0 Å². The molecule has 0 aliphatic rings. The zero-order valence-corrected chi connectivity index (χ0v) is 10.7. The van der Waals surface area contributed by atoms with Gasteiger partial charge in [0.15, 0.2) is 0 Å². The Kier molecular flexibility index (Phi) is 3.95. The molecule has 14 heavy (non-hydrogen) atoms. The van der Waals surface area contributed by atoms with Crippen molar-refractivity contribution in [1.82, 2.24) is 0 Å². The molecule has 1 aromatic carbocycles. The lowest BCUT2D eigenvalue weighted by Crippen LogP contribution is -2.08. The average molecular weight is 323 g/mol. The average Bonchev–Trinajstić information content (AvgIpc) is 2.11. The van der Waals surface area contributed by atoms with E-state index < -0.39 is 5.97 Å². The summed E-state index contributed by atoms with van der Waals surface area (Å²) in [5.74, 6) is -0.410. The molecule has 1 rings (SSSR count). The van der Waals surface area contributed by atoms with Crippen LogP contribution in [0.2, 0.25) is 0 Å². The molecule has 76 valence electrons. The summed E-state index contributed by atoms with van der Waals surface area (Å²) in [6.45, 7) is 2.09. The summed E-state index contributed by atoms with van der Waals surface area (Å²) in [5, 5.41) is 0. The summed E-state index contributed by atoms with van der Waals surface area (Å²) in [6.07, 6.45) is 0. The summed E-state index contributed by atoms with van der Waals surface area (Å²) in [5.41, 5.74) is 6.48. The van der Waals surface area contributed by atoms with Gasteiger partial charge in [-0.3, -0.25) is 0 Å². The van der Waals surface area contributed by atoms with E-state index in [0.717, 1.165) is 4.47 Å². The number of ether oxygens (including phenoxy) is 1. The van der Waals surface area contributed by atoms with Gasteiger partial charge in [-0.2, -0.15) is 0 Å². The number of carbonyl (C=O) groups excluding carboxylic acids is 1. The minimum Gasteiger partial charge on any atom is -0.462 e. The fraction of sp³-hybridized carbons (Fsp3) is 0.222. The number of esters is 1. The largest absolute Gasteiger partial charge is 0.462 e. The molecule has 0 unspecified atom stereocenters. The van der Waals surface area contributed by atoms with Gasteiger partial charge in [0.05, 0.1) is 17.9 Å². The first-order valence-electron chi connectivity index (χ1n) is 3.98. The van der Waals surface area contributed by atoms with Gasteiger partial charge in [-0.25, -0.2) is 4.79 Å². The summed E-state index contributed by atoms with van der Waals surface area (Å²) in [6, 6.07) is 3.41. The third kappa shape index (κ3) is 2.48. The highest BCUT2D eigenvalue weighted by molar-refractivity contribution is 9.11. The van der Waals surface area contributed by atoms with Crippen molar-refractivity contribution >= 4 is 43.5 Å². The highest BCUT2D eigenvalue weighted by Crippen LogP contribution is 2.28. The first-order chi connectivity index (χ1) is 6.56. The van der Waals surface area contributed by atoms with Crippen molar-refractivity contribution in [3.05, 3.63) is 26.6 Å². The van der Waals surface area contributed by atoms with E-state index in [4.69, 9.17) is 10.5 Å². The van der Waals surface area contributed by atoms with Crippen LogP contribution in [0.1, 0.15) is 17.3 Å².